The topological polar surface area (TPSA) is 84.5 Å². The predicted molar refractivity (Wildman–Crippen MR) is 70.8 cm³/mol. The molecule has 0 bridgehead atoms. The first-order valence-electron chi connectivity index (χ1n) is 5.29. The molecule has 6 nitrogen and oxygen atoms in total. The summed E-state index contributed by atoms with van der Waals surface area (Å²) in [6, 6.07) is 6.88. The van der Waals surface area contributed by atoms with E-state index < -0.39 is 17.1 Å². The lowest BCUT2D eigenvalue weighted by Crippen LogP contribution is -2.19. The molecule has 7 heteroatoms. The number of rotatable bonds is 3. The van der Waals surface area contributed by atoms with Crippen molar-refractivity contribution in [2.45, 2.75) is 0 Å². The molecule has 1 saturated heterocycles. The number of hydrogen-bond acceptors (Lipinski definition) is 5. The van der Waals surface area contributed by atoms with Gasteiger partial charge in [-0.15, -0.1) is 0 Å². The molecule has 0 aliphatic carbocycles. The molecule has 0 spiro atoms. The van der Waals surface area contributed by atoms with E-state index in [0.717, 1.165) is 6.08 Å². The molecule has 0 atom stereocenters. The molecule has 1 aliphatic rings. The number of imide groups is 1. The number of para-hydroxylation sites is 2. The van der Waals surface area contributed by atoms with Crippen LogP contribution in [0.25, 0.3) is 0 Å². The maximum absolute atomic E-state index is 11.7. The highest BCUT2D eigenvalue weighted by molar-refractivity contribution is 8.18. The number of carbonyl (C=O) groups is 3. The standard InChI is InChI=1S/C12H10N2O4S/c1-18-8-5-3-2-4-7(8)13-10(15)6-9-11(16)14-12(17)19-9/h2-6H,1H3,(H,13,15)(H,14,16,17). The normalized spacial score (nSPS) is 16.4. The summed E-state index contributed by atoms with van der Waals surface area (Å²) in [6.07, 6.45) is 1.08. The number of ether oxygens (including phenoxy) is 1. The van der Waals surface area contributed by atoms with Gasteiger partial charge in [0.15, 0.2) is 0 Å². The summed E-state index contributed by atoms with van der Waals surface area (Å²) in [5.41, 5.74) is 0.488. The molecule has 1 heterocycles. The molecule has 1 aromatic rings. The van der Waals surface area contributed by atoms with E-state index in [1.54, 1.807) is 24.3 Å². The zero-order valence-corrected chi connectivity index (χ0v) is 10.7. The zero-order chi connectivity index (χ0) is 13.8. The third-order valence-electron chi connectivity index (χ3n) is 2.27. The van der Waals surface area contributed by atoms with Gasteiger partial charge in [-0.3, -0.25) is 19.7 Å². The van der Waals surface area contributed by atoms with E-state index in [4.69, 9.17) is 4.74 Å². The lowest BCUT2D eigenvalue weighted by molar-refractivity contribution is -0.116. The lowest BCUT2D eigenvalue weighted by Gasteiger charge is -2.07. The molecule has 19 heavy (non-hydrogen) atoms. The van der Waals surface area contributed by atoms with Crippen molar-refractivity contribution in [2.24, 2.45) is 0 Å². The van der Waals surface area contributed by atoms with Crippen LogP contribution in [0.3, 0.4) is 0 Å². The van der Waals surface area contributed by atoms with E-state index in [9.17, 15) is 14.4 Å². The second-order valence-corrected chi connectivity index (χ2v) is 4.56. The molecule has 1 fully saturated rings. The minimum absolute atomic E-state index is 0.0670. The van der Waals surface area contributed by atoms with Gasteiger partial charge in [0.25, 0.3) is 11.1 Å². The summed E-state index contributed by atoms with van der Waals surface area (Å²) >= 11 is 0.692. The number of methoxy groups -OCH3 is 1. The van der Waals surface area contributed by atoms with Crippen molar-refractivity contribution < 1.29 is 19.1 Å². The molecular formula is C12H10N2O4S. The maximum atomic E-state index is 11.7. The highest BCUT2D eigenvalue weighted by atomic mass is 32.2. The second-order valence-electron chi connectivity index (χ2n) is 3.54. The SMILES string of the molecule is COc1ccccc1NC(=O)C=C1SC(=O)NC1=O. The van der Waals surface area contributed by atoms with E-state index in [1.165, 1.54) is 7.11 Å². The molecule has 2 rings (SSSR count). The quantitative estimate of drug-likeness (QED) is 0.818. The Bertz CT molecular complexity index is 583. The van der Waals surface area contributed by atoms with Crippen LogP contribution in [0.15, 0.2) is 35.2 Å². The van der Waals surface area contributed by atoms with Gasteiger partial charge in [0.05, 0.1) is 17.7 Å². The van der Waals surface area contributed by atoms with Gasteiger partial charge in [0, 0.05) is 6.08 Å². The predicted octanol–water partition coefficient (Wildman–Crippen LogP) is 1.50. The largest absolute Gasteiger partial charge is 0.495 e. The first-order valence-corrected chi connectivity index (χ1v) is 6.10. The van der Waals surface area contributed by atoms with Crippen LogP contribution in [0.1, 0.15) is 0 Å². The summed E-state index contributed by atoms with van der Waals surface area (Å²) < 4.78 is 5.08. The summed E-state index contributed by atoms with van der Waals surface area (Å²) in [7, 11) is 1.49. The number of benzene rings is 1. The number of amides is 3. The highest BCUT2D eigenvalue weighted by Crippen LogP contribution is 2.25. The Morgan fingerprint density at radius 3 is 2.74 bits per heavy atom. The van der Waals surface area contributed by atoms with Crippen molar-refractivity contribution in [1.82, 2.24) is 5.32 Å². The first kappa shape index (κ1) is 13.2. The van der Waals surface area contributed by atoms with Crippen LogP contribution in [0, 0.1) is 0 Å². The van der Waals surface area contributed by atoms with Gasteiger partial charge in [-0.05, 0) is 23.9 Å². The van der Waals surface area contributed by atoms with Gasteiger partial charge in [-0.2, -0.15) is 0 Å². The van der Waals surface area contributed by atoms with E-state index in [2.05, 4.69) is 10.6 Å². The highest BCUT2D eigenvalue weighted by Gasteiger charge is 2.25. The number of nitrogens with one attached hydrogen (secondary N) is 2. The second kappa shape index (κ2) is 5.57. The Balaban J connectivity index is 2.12. The number of anilines is 1. The smallest absolute Gasteiger partial charge is 0.290 e. The van der Waals surface area contributed by atoms with Gasteiger partial charge in [0.1, 0.15) is 5.75 Å². The number of thioether (sulfide) groups is 1. The Kier molecular flexibility index (Phi) is 3.86. The van der Waals surface area contributed by atoms with Crippen molar-refractivity contribution >= 4 is 34.5 Å². The fourth-order valence-corrected chi connectivity index (χ4v) is 2.11. The first-order chi connectivity index (χ1) is 9.10. The zero-order valence-electron chi connectivity index (χ0n) is 9.93. The average molecular weight is 278 g/mol. The Morgan fingerprint density at radius 2 is 2.11 bits per heavy atom. The molecule has 0 aromatic heterocycles. The van der Waals surface area contributed by atoms with Crippen molar-refractivity contribution in [2.75, 3.05) is 12.4 Å². The minimum atomic E-state index is -0.565. The summed E-state index contributed by atoms with van der Waals surface area (Å²) in [5.74, 6) is -0.559. The van der Waals surface area contributed by atoms with Crippen LogP contribution >= 0.6 is 11.8 Å². The maximum Gasteiger partial charge on any atom is 0.290 e. The fraction of sp³-hybridized carbons (Fsp3) is 0.0833. The average Bonchev–Trinajstić information content (AvgIpc) is 2.68. The summed E-state index contributed by atoms with van der Waals surface area (Å²) in [6.45, 7) is 0. The van der Waals surface area contributed by atoms with Crippen LogP contribution in [0.2, 0.25) is 0 Å². The van der Waals surface area contributed by atoms with Crippen LogP contribution in [0.4, 0.5) is 10.5 Å². The molecule has 98 valence electrons. The molecular weight excluding hydrogens is 268 g/mol. The van der Waals surface area contributed by atoms with Crippen molar-refractivity contribution in [3.8, 4) is 5.75 Å². The van der Waals surface area contributed by atoms with E-state index in [-0.39, 0.29) is 4.91 Å². The summed E-state index contributed by atoms with van der Waals surface area (Å²) in [4.78, 5) is 34.0. The fourth-order valence-electron chi connectivity index (χ4n) is 1.46. The Hall–Kier alpha value is -2.28. The number of carbonyl (C=O) groups excluding carboxylic acids is 3. The third kappa shape index (κ3) is 3.14. The summed E-state index contributed by atoms with van der Waals surface area (Å²) in [5, 5.41) is 4.16. The van der Waals surface area contributed by atoms with Gasteiger partial charge in [0.2, 0.25) is 5.91 Å². The Morgan fingerprint density at radius 1 is 1.37 bits per heavy atom. The monoisotopic (exact) mass is 278 g/mol. The molecule has 3 amide bonds. The van der Waals surface area contributed by atoms with Gasteiger partial charge in [-0.25, -0.2) is 0 Å². The number of hydrogen-bond donors (Lipinski definition) is 2. The lowest BCUT2D eigenvalue weighted by atomic mass is 10.3. The van der Waals surface area contributed by atoms with Crippen molar-refractivity contribution in [1.29, 1.82) is 0 Å². The Labute approximate surface area is 113 Å². The van der Waals surface area contributed by atoms with Crippen LogP contribution in [-0.4, -0.2) is 24.2 Å². The molecule has 0 saturated carbocycles. The molecule has 1 aliphatic heterocycles. The van der Waals surface area contributed by atoms with Crippen LogP contribution in [0.5, 0.6) is 5.75 Å². The third-order valence-corrected chi connectivity index (χ3v) is 3.08. The van der Waals surface area contributed by atoms with Gasteiger partial charge in [-0.1, -0.05) is 12.1 Å². The minimum Gasteiger partial charge on any atom is -0.495 e. The van der Waals surface area contributed by atoms with E-state index in [0.29, 0.717) is 23.2 Å². The van der Waals surface area contributed by atoms with Gasteiger partial charge >= 0.3 is 0 Å². The molecule has 0 unspecified atom stereocenters. The molecule has 1 aromatic carbocycles. The van der Waals surface area contributed by atoms with Crippen LogP contribution < -0.4 is 15.4 Å². The van der Waals surface area contributed by atoms with Crippen molar-refractivity contribution in [3.63, 3.8) is 0 Å². The van der Waals surface area contributed by atoms with E-state index >= 15 is 0 Å². The van der Waals surface area contributed by atoms with Crippen molar-refractivity contribution in [3.05, 3.63) is 35.2 Å². The van der Waals surface area contributed by atoms with Crippen LogP contribution in [-0.2, 0) is 9.59 Å². The molecule has 2 N–H and O–H groups in total. The van der Waals surface area contributed by atoms with Gasteiger partial charge < -0.3 is 10.1 Å². The molecule has 0 radical (unpaired) electrons. The van der Waals surface area contributed by atoms with E-state index in [1.807, 2.05) is 0 Å².